The van der Waals surface area contributed by atoms with Crippen LogP contribution in [0.2, 0.25) is 0 Å². The van der Waals surface area contributed by atoms with Gasteiger partial charge in [0.1, 0.15) is 5.01 Å². The number of guanidine groups is 1. The van der Waals surface area contributed by atoms with Crippen molar-refractivity contribution in [2.24, 2.45) is 10.9 Å². The molecule has 2 N–H and O–H groups in total. The molecule has 2 heterocycles. The molecule has 2 unspecified atom stereocenters. The van der Waals surface area contributed by atoms with Gasteiger partial charge in [-0.1, -0.05) is 44.2 Å². The van der Waals surface area contributed by atoms with E-state index in [-0.39, 0.29) is 6.10 Å². The fraction of sp³-hybridized carbons (Fsp3) is 0.524. The Hall–Kier alpha value is -1.92. The topological polar surface area (TPSA) is 58.5 Å². The van der Waals surface area contributed by atoms with E-state index in [2.05, 4.69) is 70.2 Å². The van der Waals surface area contributed by atoms with E-state index in [1.807, 2.05) is 7.05 Å². The number of hydrogen-bond donors (Lipinski definition) is 2. The molecule has 0 saturated carbocycles. The summed E-state index contributed by atoms with van der Waals surface area (Å²) in [7, 11) is 1.81. The second kappa shape index (κ2) is 9.85. The van der Waals surface area contributed by atoms with Crippen molar-refractivity contribution in [3.8, 4) is 0 Å². The highest BCUT2D eigenvalue weighted by Crippen LogP contribution is 2.33. The van der Waals surface area contributed by atoms with Crippen LogP contribution in [-0.2, 0) is 11.3 Å². The summed E-state index contributed by atoms with van der Waals surface area (Å²) < 4.78 is 6.09. The predicted octanol–water partition coefficient (Wildman–Crippen LogP) is 4.10. The zero-order valence-corrected chi connectivity index (χ0v) is 17.3. The van der Waals surface area contributed by atoms with E-state index >= 15 is 0 Å². The van der Waals surface area contributed by atoms with Crippen molar-refractivity contribution >= 4 is 17.3 Å². The van der Waals surface area contributed by atoms with Gasteiger partial charge in [0.25, 0.3) is 0 Å². The maximum absolute atomic E-state index is 6.09. The molecule has 5 nitrogen and oxygen atoms in total. The number of aromatic nitrogens is 1. The van der Waals surface area contributed by atoms with Crippen molar-refractivity contribution in [1.82, 2.24) is 15.6 Å². The average molecular weight is 387 g/mol. The minimum Gasteiger partial charge on any atom is -0.373 e. The highest BCUT2D eigenvalue weighted by atomic mass is 32.1. The maximum atomic E-state index is 6.09. The van der Waals surface area contributed by atoms with Crippen LogP contribution >= 0.6 is 11.3 Å². The first-order chi connectivity index (χ1) is 13.2. The molecule has 1 aliphatic heterocycles. The molecular weight excluding hydrogens is 356 g/mol. The molecular formula is C21H30N4OS. The molecule has 1 fully saturated rings. The van der Waals surface area contributed by atoms with E-state index in [0.29, 0.717) is 18.4 Å². The number of benzene rings is 1. The van der Waals surface area contributed by atoms with Gasteiger partial charge >= 0.3 is 0 Å². The molecule has 146 valence electrons. The lowest BCUT2D eigenvalue weighted by atomic mass is 9.89. The van der Waals surface area contributed by atoms with Gasteiger partial charge < -0.3 is 15.4 Å². The van der Waals surface area contributed by atoms with Gasteiger partial charge in [-0.05, 0) is 24.3 Å². The first-order valence-corrected chi connectivity index (χ1v) is 10.6. The third-order valence-electron chi connectivity index (χ3n) is 4.90. The highest BCUT2D eigenvalue weighted by molar-refractivity contribution is 7.09. The second-order valence-corrected chi connectivity index (χ2v) is 8.17. The molecule has 6 heteroatoms. The Labute approximate surface area is 166 Å². The minimum atomic E-state index is 0.151. The Bertz CT molecular complexity index is 729. The predicted molar refractivity (Wildman–Crippen MR) is 112 cm³/mol. The van der Waals surface area contributed by atoms with Crippen LogP contribution in [0.4, 0.5) is 0 Å². The zero-order chi connectivity index (χ0) is 19.1. The van der Waals surface area contributed by atoms with Gasteiger partial charge in [-0.25, -0.2) is 4.98 Å². The van der Waals surface area contributed by atoms with E-state index in [1.54, 1.807) is 11.3 Å². The lowest BCUT2D eigenvalue weighted by Gasteiger charge is -2.32. The van der Waals surface area contributed by atoms with Crippen LogP contribution in [0.5, 0.6) is 0 Å². The summed E-state index contributed by atoms with van der Waals surface area (Å²) in [6.07, 6.45) is 2.42. The van der Waals surface area contributed by atoms with Gasteiger partial charge in [-0.2, -0.15) is 0 Å². The third kappa shape index (κ3) is 5.53. The highest BCUT2D eigenvalue weighted by Gasteiger charge is 2.27. The minimum absolute atomic E-state index is 0.151. The number of rotatable bonds is 6. The Morgan fingerprint density at radius 2 is 2.11 bits per heavy atom. The van der Waals surface area contributed by atoms with Crippen molar-refractivity contribution in [2.45, 2.75) is 45.3 Å². The SMILES string of the molecule is CN=C(NCc1nc(C(C)C)cs1)NCC1CCCOC1c1ccccc1. The fourth-order valence-corrected chi connectivity index (χ4v) is 4.24. The quantitative estimate of drug-likeness (QED) is 0.580. The van der Waals surface area contributed by atoms with Crippen LogP contribution in [0.15, 0.2) is 40.7 Å². The lowest BCUT2D eigenvalue weighted by molar-refractivity contribution is -0.0265. The first kappa shape index (κ1) is 19.8. The third-order valence-corrected chi connectivity index (χ3v) is 5.76. The monoisotopic (exact) mass is 386 g/mol. The number of aliphatic imine (C=N–C) groups is 1. The molecule has 0 aliphatic carbocycles. The standard InChI is InChI=1S/C21H30N4OS/c1-15(2)18-14-27-19(25-18)13-24-21(22-3)23-12-17-10-7-11-26-20(17)16-8-5-4-6-9-16/h4-6,8-9,14-15,17,20H,7,10-13H2,1-3H3,(H2,22,23,24). The molecule has 0 bridgehead atoms. The average Bonchev–Trinajstić information content (AvgIpc) is 3.18. The number of thiazole rings is 1. The summed E-state index contributed by atoms with van der Waals surface area (Å²) in [5, 5.41) is 10.1. The summed E-state index contributed by atoms with van der Waals surface area (Å²) in [6, 6.07) is 10.5. The molecule has 1 aliphatic rings. The molecule has 1 aromatic heterocycles. The van der Waals surface area contributed by atoms with E-state index in [4.69, 9.17) is 4.74 Å². The summed E-state index contributed by atoms with van der Waals surface area (Å²) >= 11 is 1.70. The Kier molecular flexibility index (Phi) is 7.24. The van der Waals surface area contributed by atoms with Crippen molar-refractivity contribution < 1.29 is 4.74 Å². The molecule has 2 aromatic rings. The molecule has 0 spiro atoms. The fourth-order valence-electron chi connectivity index (χ4n) is 3.34. The van der Waals surface area contributed by atoms with Crippen LogP contribution in [0.3, 0.4) is 0 Å². The normalized spacial score (nSPS) is 20.7. The zero-order valence-electron chi connectivity index (χ0n) is 16.4. The van der Waals surface area contributed by atoms with Gasteiger partial charge in [-0.15, -0.1) is 11.3 Å². The van der Waals surface area contributed by atoms with Gasteiger partial charge in [0.2, 0.25) is 0 Å². The van der Waals surface area contributed by atoms with Crippen LogP contribution in [0, 0.1) is 5.92 Å². The van der Waals surface area contributed by atoms with Crippen LogP contribution in [0.1, 0.15) is 55.0 Å². The Balaban J connectivity index is 1.53. The van der Waals surface area contributed by atoms with E-state index in [1.165, 1.54) is 5.56 Å². The molecule has 1 saturated heterocycles. The summed E-state index contributed by atoms with van der Waals surface area (Å²) in [5.74, 6) is 1.72. The van der Waals surface area contributed by atoms with Crippen molar-refractivity contribution in [3.63, 3.8) is 0 Å². The van der Waals surface area contributed by atoms with Gasteiger partial charge in [0.15, 0.2) is 5.96 Å². The smallest absolute Gasteiger partial charge is 0.191 e. The van der Waals surface area contributed by atoms with Crippen LogP contribution in [0.25, 0.3) is 0 Å². The second-order valence-electron chi connectivity index (χ2n) is 7.23. The van der Waals surface area contributed by atoms with Crippen LogP contribution < -0.4 is 10.6 Å². The van der Waals surface area contributed by atoms with Crippen LogP contribution in [-0.4, -0.2) is 31.1 Å². The van der Waals surface area contributed by atoms with Crippen molar-refractivity contribution in [1.29, 1.82) is 0 Å². The van der Waals surface area contributed by atoms with E-state index in [9.17, 15) is 0 Å². The molecule has 1 aromatic carbocycles. The largest absolute Gasteiger partial charge is 0.373 e. The molecule has 0 radical (unpaired) electrons. The van der Waals surface area contributed by atoms with Crippen molar-refractivity contribution in [2.75, 3.05) is 20.2 Å². The van der Waals surface area contributed by atoms with Gasteiger partial charge in [0, 0.05) is 31.5 Å². The number of nitrogens with zero attached hydrogens (tertiary/aromatic N) is 2. The van der Waals surface area contributed by atoms with E-state index < -0.39 is 0 Å². The van der Waals surface area contributed by atoms with Gasteiger partial charge in [0.05, 0.1) is 18.3 Å². The summed E-state index contributed by atoms with van der Waals surface area (Å²) in [6.45, 7) is 6.71. The maximum Gasteiger partial charge on any atom is 0.191 e. The molecule has 27 heavy (non-hydrogen) atoms. The summed E-state index contributed by atoms with van der Waals surface area (Å²) in [5.41, 5.74) is 2.42. The molecule has 0 amide bonds. The van der Waals surface area contributed by atoms with Gasteiger partial charge in [-0.3, -0.25) is 4.99 Å². The number of hydrogen-bond acceptors (Lipinski definition) is 4. The number of nitrogens with one attached hydrogen (secondary N) is 2. The summed E-state index contributed by atoms with van der Waals surface area (Å²) in [4.78, 5) is 9.03. The Morgan fingerprint density at radius 3 is 2.81 bits per heavy atom. The number of ether oxygens (including phenoxy) is 1. The van der Waals surface area contributed by atoms with Crippen molar-refractivity contribution in [3.05, 3.63) is 52.0 Å². The first-order valence-electron chi connectivity index (χ1n) is 9.72. The molecule has 2 atom stereocenters. The lowest BCUT2D eigenvalue weighted by Crippen LogP contribution is -2.41. The van der Waals surface area contributed by atoms with E-state index in [0.717, 1.165) is 42.7 Å². The Morgan fingerprint density at radius 1 is 1.30 bits per heavy atom. The molecule has 3 rings (SSSR count).